The van der Waals surface area contributed by atoms with E-state index in [0.717, 1.165) is 0 Å². The summed E-state index contributed by atoms with van der Waals surface area (Å²) in [6.07, 6.45) is 0.713. The van der Waals surface area contributed by atoms with Gasteiger partial charge in [0.25, 0.3) is 0 Å². The van der Waals surface area contributed by atoms with Crippen LogP contribution in [0.25, 0.3) is 0 Å². The first-order chi connectivity index (χ1) is 10.9. The molecule has 0 aliphatic rings. The SMILES string of the molecule is COC[P+](c1ccccc1)(c1ccccc1)c1ccccc1.Cl. The highest BCUT2D eigenvalue weighted by Gasteiger charge is 2.45. The predicted molar refractivity (Wildman–Crippen MR) is 104 cm³/mol. The van der Waals surface area contributed by atoms with Gasteiger partial charge in [-0.1, -0.05) is 54.6 Å². The lowest BCUT2D eigenvalue weighted by Crippen LogP contribution is -2.33. The summed E-state index contributed by atoms with van der Waals surface area (Å²) in [5.41, 5.74) is 0. The van der Waals surface area contributed by atoms with E-state index in [0.29, 0.717) is 6.35 Å². The Bertz CT molecular complexity index is 605. The van der Waals surface area contributed by atoms with E-state index in [-0.39, 0.29) is 12.4 Å². The lowest BCUT2D eigenvalue weighted by molar-refractivity contribution is 0.255. The van der Waals surface area contributed by atoms with Gasteiger partial charge in [0.2, 0.25) is 0 Å². The number of methoxy groups -OCH3 is 1. The molecule has 3 aromatic rings. The fourth-order valence-electron chi connectivity index (χ4n) is 2.91. The Morgan fingerprint density at radius 1 is 0.609 bits per heavy atom. The first kappa shape index (κ1) is 17.7. The maximum absolute atomic E-state index is 5.72. The molecule has 0 heterocycles. The summed E-state index contributed by atoms with van der Waals surface area (Å²) in [7, 11) is 0.0197. The minimum absolute atomic E-state index is 0. The molecule has 118 valence electrons. The van der Waals surface area contributed by atoms with E-state index >= 15 is 0 Å². The van der Waals surface area contributed by atoms with Gasteiger partial charge in [0.1, 0.15) is 23.2 Å². The molecule has 0 aliphatic carbocycles. The molecule has 0 saturated heterocycles. The highest BCUT2D eigenvalue weighted by molar-refractivity contribution is 7.95. The van der Waals surface area contributed by atoms with Crippen molar-refractivity contribution in [3.63, 3.8) is 0 Å². The second kappa shape index (κ2) is 8.26. The van der Waals surface area contributed by atoms with Crippen LogP contribution in [0.4, 0.5) is 0 Å². The van der Waals surface area contributed by atoms with Gasteiger partial charge >= 0.3 is 0 Å². The minimum Gasteiger partial charge on any atom is -0.348 e. The van der Waals surface area contributed by atoms with Crippen molar-refractivity contribution in [2.24, 2.45) is 0 Å². The molecule has 0 N–H and O–H groups in total. The van der Waals surface area contributed by atoms with E-state index in [9.17, 15) is 0 Å². The number of rotatable bonds is 5. The lowest BCUT2D eigenvalue weighted by Gasteiger charge is -2.26. The maximum atomic E-state index is 5.72. The molecule has 3 aromatic carbocycles. The van der Waals surface area contributed by atoms with Gasteiger partial charge in [0.05, 0.1) is 0 Å². The van der Waals surface area contributed by atoms with Crippen molar-refractivity contribution in [3.8, 4) is 0 Å². The molecule has 3 rings (SSSR count). The second-order valence-electron chi connectivity index (χ2n) is 5.23. The van der Waals surface area contributed by atoms with Gasteiger partial charge in [-0.2, -0.15) is 0 Å². The van der Waals surface area contributed by atoms with E-state index < -0.39 is 7.26 Å². The van der Waals surface area contributed by atoms with Gasteiger partial charge in [-0.05, 0) is 36.4 Å². The van der Waals surface area contributed by atoms with E-state index in [1.54, 1.807) is 7.11 Å². The molecule has 0 bridgehead atoms. The van der Waals surface area contributed by atoms with Gasteiger partial charge in [0.15, 0.2) is 6.35 Å². The van der Waals surface area contributed by atoms with E-state index in [2.05, 4.69) is 91.0 Å². The second-order valence-corrected chi connectivity index (χ2v) is 8.66. The molecule has 0 radical (unpaired) electrons. The van der Waals surface area contributed by atoms with Crippen molar-refractivity contribution in [2.75, 3.05) is 13.5 Å². The average molecular weight is 344 g/mol. The van der Waals surface area contributed by atoms with Crippen molar-refractivity contribution in [2.45, 2.75) is 0 Å². The zero-order chi connectivity index (χ0) is 15.3. The zero-order valence-corrected chi connectivity index (χ0v) is 14.8. The Morgan fingerprint density at radius 3 is 1.17 bits per heavy atom. The lowest BCUT2D eigenvalue weighted by atomic mass is 10.4. The molecule has 0 saturated carbocycles. The van der Waals surface area contributed by atoms with E-state index in [1.165, 1.54) is 15.9 Å². The topological polar surface area (TPSA) is 9.23 Å². The largest absolute Gasteiger partial charge is 0.348 e. The molecule has 1 nitrogen and oxygen atoms in total. The highest BCUT2D eigenvalue weighted by atomic mass is 35.5. The smallest absolute Gasteiger partial charge is 0.170 e. The van der Waals surface area contributed by atoms with Crippen LogP contribution in [0.3, 0.4) is 0 Å². The summed E-state index contributed by atoms with van der Waals surface area (Å²) in [6, 6.07) is 32.3. The van der Waals surface area contributed by atoms with Crippen LogP contribution in [0.2, 0.25) is 0 Å². The molecule has 0 unspecified atom stereocenters. The minimum atomic E-state index is -1.78. The monoisotopic (exact) mass is 343 g/mol. The first-order valence-corrected chi connectivity index (χ1v) is 9.39. The van der Waals surface area contributed by atoms with Crippen LogP contribution in [0.15, 0.2) is 91.0 Å². The molecule has 0 atom stereocenters. The molecule has 0 spiro atoms. The number of hydrogen-bond acceptors (Lipinski definition) is 1. The van der Waals surface area contributed by atoms with Crippen LogP contribution in [-0.4, -0.2) is 13.5 Å². The molecule has 0 amide bonds. The van der Waals surface area contributed by atoms with Crippen LogP contribution in [0.1, 0.15) is 0 Å². The summed E-state index contributed by atoms with van der Waals surface area (Å²) >= 11 is 0. The van der Waals surface area contributed by atoms with Crippen LogP contribution in [-0.2, 0) is 4.74 Å². The molecular weight excluding hydrogens is 323 g/mol. The third kappa shape index (κ3) is 3.48. The zero-order valence-electron chi connectivity index (χ0n) is 13.1. The molecular formula is C20H21ClOP+. The normalized spacial score (nSPS) is 10.8. The standard InChI is InChI=1S/C20H20OP.ClH/c1-21-17-22(18-11-5-2-6-12-18,19-13-7-3-8-14-19)20-15-9-4-10-16-20;/h2-16H,17H2,1H3;1H/q+1;. The Labute approximate surface area is 145 Å². The number of ether oxygens (including phenoxy) is 1. The molecule has 0 aromatic heterocycles. The van der Waals surface area contributed by atoms with Gasteiger partial charge in [-0.3, -0.25) is 0 Å². The van der Waals surface area contributed by atoms with Crippen molar-refractivity contribution in [3.05, 3.63) is 91.0 Å². The quantitative estimate of drug-likeness (QED) is 0.636. The van der Waals surface area contributed by atoms with Crippen LogP contribution < -0.4 is 15.9 Å². The van der Waals surface area contributed by atoms with Crippen molar-refractivity contribution >= 4 is 35.6 Å². The molecule has 3 heteroatoms. The van der Waals surface area contributed by atoms with Crippen LogP contribution >= 0.6 is 19.7 Å². The van der Waals surface area contributed by atoms with Gasteiger partial charge in [0, 0.05) is 7.11 Å². The summed E-state index contributed by atoms with van der Waals surface area (Å²) < 4.78 is 5.72. The maximum Gasteiger partial charge on any atom is 0.170 e. The van der Waals surface area contributed by atoms with E-state index in [1.807, 2.05) is 0 Å². The first-order valence-electron chi connectivity index (χ1n) is 7.42. The summed E-state index contributed by atoms with van der Waals surface area (Å²) in [5, 5.41) is 4.07. The highest BCUT2D eigenvalue weighted by Crippen LogP contribution is 2.54. The van der Waals surface area contributed by atoms with Crippen LogP contribution in [0.5, 0.6) is 0 Å². The number of halogens is 1. The fourth-order valence-corrected chi connectivity index (χ4v) is 6.68. The summed E-state index contributed by atoms with van der Waals surface area (Å²) in [5.74, 6) is 0. The molecule has 23 heavy (non-hydrogen) atoms. The Hall–Kier alpha value is -1.66. The van der Waals surface area contributed by atoms with Crippen molar-refractivity contribution in [1.29, 1.82) is 0 Å². The van der Waals surface area contributed by atoms with Crippen LogP contribution in [0, 0.1) is 0 Å². The average Bonchev–Trinajstić information content (AvgIpc) is 2.62. The van der Waals surface area contributed by atoms with Crippen molar-refractivity contribution < 1.29 is 4.74 Å². The fraction of sp³-hybridized carbons (Fsp3) is 0.100. The molecule has 0 fully saturated rings. The van der Waals surface area contributed by atoms with Crippen molar-refractivity contribution in [1.82, 2.24) is 0 Å². The summed E-state index contributed by atoms with van der Waals surface area (Å²) in [4.78, 5) is 0. The van der Waals surface area contributed by atoms with Gasteiger partial charge in [-0.25, -0.2) is 0 Å². The number of hydrogen-bond donors (Lipinski definition) is 0. The third-order valence-corrected chi connectivity index (χ3v) is 8.10. The van der Waals surface area contributed by atoms with E-state index in [4.69, 9.17) is 4.74 Å². The Kier molecular flexibility index (Phi) is 6.36. The van der Waals surface area contributed by atoms with Gasteiger partial charge in [-0.15, -0.1) is 12.4 Å². The molecule has 0 aliphatic heterocycles. The van der Waals surface area contributed by atoms with Gasteiger partial charge < -0.3 is 4.74 Å². The number of benzene rings is 3. The Morgan fingerprint density at radius 2 is 0.913 bits per heavy atom. The Balaban J connectivity index is 0.00000192. The third-order valence-electron chi connectivity index (χ3n) is 3.91. The predicted octanol–water partition coefficient (Wildman–Crippen LogP) is 4.01. The summed E-state index contributed by atoms with van der Waals surface area (Å²) in [6.45, 7) is 0.